The maximum absolute atomic E-state index is 12.2. The average Bonchev–Trinajstić information content (AvgIpc) is 2.81. The van der Waals surface area contributed by atoms with Crippen molar-refractivity contribution >= 4 is 22.6 Å². The Morgan fingerprint density at radius 1 is 1.18 bits per heavy atom. The van der Waals surface area contributed by atoms with Crippen LogP contribution in [0.15, 0.2) is 41.1 Å². The van der Waals surface area contributed by atoms with Crippen LogP contribution in [-0.4, -0.2) is 10.9 Å². The number of nitrogens with one attached hydrogen (secondary N) is 1. The number of carbonyl (C=O) groups excluding carboxylic acids is 1. The first kappa shape index (κ1) is 14.3. The molecule has 1 N–H and O–H groups in total. The number of aryl methyl sites for hydroxylation is 3. The average molecular weight is 294 g/mol. The molecule has 1 aromatic carbocycles. The Labute approximate surface area is 129 Å². The van der Waals surface area contributed by atoms with Gasteiger partial charge in [-0.25, -0.2) is 0 Å². The zero-order valence-corrected chi connectivity index (χ0v) is 12.9. The summed E-state index contributed by atoms with van der Waals surface area (Å²) >= 11 is 0. The molecule has 0 aliphatic carbocycles. The summed E-state index contributed by atoms with van der Waals surface area (Å²) in [6.45, 7) is 6.01. The molecular weight excluding hydrogens is 276 g/mol. The minimum atomic E-state index is -0.0634. The van der Waals surface area contributed by atoms with E-state index in [9.17, 15) is 4.79 Å². The Morgan fingerprint density at radius 2 is 1.95 bits per heavy atom. The highest BCUT2D eigenvalue weighted by Gasteiger charge is 2.12. The minimum absolute atomic E-state index is 0.0634. The summed E-state index contributed by atoms with van der Waals surface area (Å²) < 4.78 is 5.57. The van der Waals surface area contributed by atoms with Gasteiger partial charge in [-0.1, -0.05) is 0 Å². The second kappa shape index (κ2) is 5.64. The van der Waals surface area contributed by atoms with Crippen LogP contribution >= 0.6 is 0 Å². The van der Waals surface area contributed by atoms with Gasteiger partial charge in [-0.05, 0) is 56.2 Å². The van der Waals surface area contributed by atoms with E-state index in [1.807, 2.05) is 19.1 Å². The number of nitrogens with zero attached hydrogens (tertiary/aromatic N) is 1. The molecule has 0 aliphatic heterocycles. The Balaban J connectivity index is 1.81. The van der Waals surface area contributed by atoms with Gasteiger partial charge >= 0.3 is 0 Å². The number of hydrogen-bond acceptors (Lipinski definition) is 3. The normalized spacial score (nSPS) is 10.9. The Morgan fingerprint density at radius 3 is 2.73 bits per heavy atom. The standard InChI is InChI=1S/C18H18N2O2/c1-11-6-16-14(10-22-17(16)7-12(11)2)9-18(21)20-15-4-5-19-13(3)8-15/h4-8,10H,9H2,1-3H3,(H,19,20,21). The topological polar surface area (TPSA) is 55.1 Å². The summed E-state index contributed by atoms with van der Waals surface area (Å²) in [6.07, 6.45) is 3.64. The number of pyridine rings is 1. The van der Waals surface area contributed by atoms with Crippen molar-refractivity contribution in [3.63, 3.8) is 0 Å². The Kier molecular flexibility index (Phi) is 3.67. The number of rotatable bonds is 3. The lowest BCUT2D eigenvalue weighted by Crippen LogP contribution is -2.14. The predicted octanol–water partition coefficient (Wildman–Crippen LogP) is 3.93. The molecule has 3 aromatic rings. The Bertz CT molecular complexity index is 849. The molecule has 112 valence electrons. The number of amides is 1. The van der Waals surface area contributed by atoms with Crippen molar-refractivity contribution in [2.45, 2.75) is 27.2 Å². The third-order valence-electron chi connectivity index (χ3n) is 3.80. The van der Waals surface area contributed by atoms with E-state index in [-0.39, 0.29) is 12.3 Å². The van der Waals surface area contributed by atoms with Crippen LogP contribution in [0.5, 0.6) is 0 Å². The minimum Gasteiger partial charge on any atom is -0.464 e. The molecule has 0 bridgehead atoms. The molecule has 1 amide bonds. The van der Waals surface area contributed by atoms with Crippen LogP contribution in [0.25, 0.3) is 11.0 Å². The van der Waals surface area contributed by atoms with E-state index < -0.39 is 0 Å². The largest absolute Gasteiger partial charge is 0.464 e. The lowest BCUT2D eigenvalue weighted by molar-refractivity contribution is -0.115. The molecule has 0 fully saturated rings. The van der Waals surface area contributed by atoms with Gasteiger partial charge in [0.05, 0.1) is 12.7 Å². The third-order valence-corrected chi connectivity index (χ3v) is 3.80. The number of carbonyl (C=O) groups is 1. The second-order valence-electron chi connectivity index (χ2n) is 5.60. The number of benzene rings is 1. The second-order valence-corrected chi connectivity index (χ2v) is 5.60. The van der Waals surface area contributed by atoms with Gasteiger partial charge in [0.1, 0.15) is 5.58 Å². The van der Waals surface area contributed by atoms with Gasteiger partial charge in [-0.15, -0.1) is 0 Å². The number of anilines is 1. The van der Waals surface area contributed by atoms with Gasteiger partial charge in [0.15, 0.2) is 0 Å². The van der Waals surface area contributed by atoms with Gasteiger partial charge in [0.25, 0.3) is 0 Å². The number of fused-ring (bicyclic) bond motifs is 1. The van der Waals surface area contributed by atoms with Crippen LogP contribution in [0.3, 0.4) is 0 Å². The summed E-state index contributed by atoms with van der Waals surface area (Å²) in [4.78, 5) is 16.3. The summed E-state index contributed by atoms with van der Waals surface area (Å²) in [5.74, 6) is -0.0634. The molecule has 0 atom stereocenters. The summed E-state index contributed by atoms with van der Waals surface area (Å²) in [6, 6.07) is 7.72. The Hall–Kier alpha value is -2.62. The van der Waals surface area contributed by atoms with Crippen LogP contribution in [0.1, 0.15) is 22.4 Å². The lowest BCUT2D eigenvalue weighted by Gasteiger charge is -2.05. The molecule has 4 nitrogen and oxygen atoms in total. The molecule has 4 heteroatoms. The predicted molar refractivity (Wildman–Crippen MR) is 87.0 cm³/mol. The van der Waals surface area contributed by atoms with Gasteiger partial charge in [-0.3, -0.25) is 9.78 Å². The molecule has 2 heterocycles. The van der Waals surface area contributed by atoms with Crippen LogP contribution in [0.4, 0.5) is 5.69 Å². The van der Waals surface area contributed by atoms with Gasteiger partial charge < -0.3 is 9.73 Å². The van der Waals surface area contributed by atoms with Crippen molar-refractivity contribution in [3.05, 3.63) is 59.1 Å². The van der Waals surface area contributed by atoms with Gasteiger partial charge in [0.2, 0.25) is 5.91 Å². The molecule has 0 unspecified atom stereocenters. The fraction of sp³-hybridized carbons (Fsp3) is 0.222. The quantitative estimate of drug-likeness (QED) is 0.796. The molecule has 0 aliphatic rings. The molecule has 3 rings (SSSR count). The molecule has 0 saturated carbocycles. The van der Waals surface area contributed by atoms with Crippen molar-refractivity contribution < 1.29 is 9.21 Å². The summed E-state index contributed by atoms with van der Waals surface area (Å²) in [5.41, 5.74) is 5.74. The molecule has 0 radical (unpaired) electrons. The van der Waals surface area contributed by atoms with Crippen LogP contribution in [-0.2, 0) is 11.2 Å². The molecular formula is C18H18N2O2. The van der Waals surface area contributed by atoms with E-state index in [1.165, 1.54) is 11.1 Å². The summed E-state index contributed by atoms with van der Waals surface area (Å²) in [7, 11) is 0. The van der Waals surface area contributed by atoms with E-state index in [0.29, 0.717) is 0 Å². The molecule has 22 heavy (non-hydrogen) atoms. The first-order valence-electron chi connectivity index (χ1n) is 7.23. The van der Waals surface area contributed by atoms with E-state index >= 15 is 0 Å². The van der Waals surface area contributed by atoms with Crippen molar-refractivity contribution in [2.75, 3.05) is 5.32 Å². The van der Waals surface area contributed by atoms with Crippen molar-refractivity contribution in [1.82, 2.24) is 4.98 Å². The zero-order valence-electron chi connectivity index (χ0n) is 12.9. The zero-order chi connectivity index (χ0) is 15.7. The highest BCUT2D eigenvalue weighted by Crippen LogP contribution is 2.25. The first-order valence-corrected chi connectivity index (χ1v) is 7.23. The van der Waals surface area contributed by atoms with Crippen molar-refractivity contribution in [2.24, 2.45) is 0 Å². The fourth-order valence-corrected chi connectivity index (χ4v) is 2.47. The van der Waals surface area contributed by atoms with Crippen LogP contribution < -0.4 is 5.32 Å². The monoisotopic (exact) mass is 294 g/mol. The van der Waals surface area contributed by atoms with Gasteiger partial charge in [-0.2, -0.15) is 0 Å². The number of hydrogen-bond donors (Lipinski definition) is 1. The van der Waals surface area contributed by atoms with E-state index in [4.69, 9.17) is 4.42 Å². The third kappa shape index (κ3) is 2.86. The van der Waals surface area contributed by atoms with Crippen molar-refractivity contribution in [1.29, 1.82) is 0 Å². The maximum atomic E-state index is 12.2. The van der Waals surface area contributed by atoms with E-state index in [0.717, 1.165) is 27.9 Å². The number of aromatic nitrogens is 1. The van der Waals surface area contributed by atoms with Crippen LogP contribution in [0.2, 0.25) is 0 Å². The summed E-state index contributed by atoms with van der Waals surface area (Å²) in [5, 5.41) is 3.89. The van der Waals surface area contributed by atoms with Crippen molar-refractivity contribution in [3.8, 4) is 0 Å². The first-order chi connectivity index (χ1) is 10.5. The lowest BCUT2D eigenvalue weighted by atomic mass is 10.0. The molecule has 2 aromatic heterocycles. The van der Waals surface area contributed by atoms with Crippen LogP contribution in [0, 0.1) is 20.8 Å². The highest BCUT2D eigenvalue weighted by molar-refractivity contribution is 5.95. The van der Waals surface area contributed by atoms with E-state index in [1.54, 1.807) is 18.5 Å². The molecule has 0 spiro atoms. The van der Waals surface area contributed by atoms with E-state index in [2.05, 4.69) is 30.2 Å². The van der Waals surface area contributed by atoms with Gasteiger partial charge in [0, 0.05) is 28.5 Å². The fourth-order valence-electron chi connectivity index (χ4n) is 2.47. The highest BCUT2D eigenvalue weighted by atomic mass is 16.3. The number of furan rings is 1. The smallest absolute Gasteiger partial charge is 0.228 e. The molecule has 0 saturated heterocycles. The maximum Gasteiger partial charge on any atom is 0.228 e. The SMILES string of the molecule is Cc1cc(NC(=O)Cc2coc3cc(C)c(C)cc23)ccn1.